The maximum atomic E-state index is 12.8. The highest BCUT2D eigenvalue weighted by Crippen LogP contribution is 2.41. The molecule has 2 aromatic rings. The lowest BCUT2D eigenvalue weighted by Gasteiger charge is -2.16. The Balaban J connectivity index is 2.46. The van der Waals surface area contributed by atoms with Crippen LogP contribution in [0.4, 0.5) is 0 Å². The molecule has 0 aliphatic carbocycles. The van der Waals surface area contributed by atoms with Crippen LogP contribution in [0.2, 0.25) is 0 Å². The average molecular weight is 390 g/mol. The molecule has 0 radical (unpaired) electrons. The van der Waals surface area contributed by atoms with Gasteiger partial charge >= 0.3 is 5.97 Å². The number of phenols is 4. The lowest BCUT2D eigenvalue weighted by Crippen LogP contribution is -2.13. The first-order valence-corrected chi connectivity index (χ1v) is 9.23. The second-order valence-corrected chi connectivity index (χ2v) is 6.46. The van der Waals surface area contributed by atoms with Gasteiger partial charge in [0.25, 0.3) is 0 Å². The van der Waals surface area contributed by atoms with Crippen molar-refractivity contribution in [1.29, 1.82) is 0 Å². The Kier molecular flexibility index (Phi) is 6.98. The molecule has 4 N–H and O–H groups in total. The van der Waals surface area contributed by atoms with Crippen LogP contribution in [0.25, 0.3) is 0 Å². The van der Waals surface area contributed by atoms with Crippen LogP contribution in [0.3, 0.4) is 0 Å². The summed E-state index contributed by atoms with van der Waals surface area (Å²) in [4.78, 5) is 12.8. The predicted octanol–water partition coefficient (Wildman–Crippen LogP) is 4.03. The summed E-state index contributed by atoms with van der Waals surface area (Å²) in [5.41, 5.74) is 0.584. The van der Waals surface area contributed by atoms with Gasteiger partial charge in [0.15, 0.2) is 23.0 Å². The Bertz CT molecular complexity index is 859. The Morgan fingerprint density at radius 1 is 0.893 bits per heavy atom. The number of unbranched alkanes of at least 4 members (excludes halogenated alkanes) is 1. The Labute approximate surface area is 163 Å². The molecule has 0 aliphatic rings. The van der Waals surface area contributed by atoms with Gasteiger partial charge < -0.3 is 29.9 Å². The van der Waals surface area contributed by atoms with Crippen LogP contribution in [0.5, 0.6) is 34.5 Å². The molecule has 0 aliphatic heterocycles. The summed E-state index contributed by atoms with van der Waals surface area (Å²) in [7, 11) is 1.43. The van der Waals surface area contributed by atoms with Crippen molar-refractivity contribution >= 4 is 5.97 Å². The Morgan fingerprint density at radius 3 is 2.18 bits per heavy atom. The van der Waals surface area contributed by atoms with E-state index in [0.29, 0.717) is 24.8 Å². The minimum atomic E-state index is -0.809. The molecular weight excluding hydrogens is 364 g/mol. The van der Waals surface area contributed by atoms with Crippen molar-refractivity contribution in [2.45, 2.75) is 46.0 Å². The molecule has 7 heteroatoms. The topological polar surface area (TPSA) is 116 Å². The van der Waals surface area contributed by atoms with Crippen LogP contribution in [0, 0.1) is 0 Å². The van der Waals surface area contributed by atoms with Crippen molar-refractivity contribution in [3.05, 3.63) is 34.9 Å². The van der Waals surface area contributed by atoms with E-state index in [1.165, 1.54) is 19.2 Å². The molecule has 0 saturated heterocycles. The highest BCUT2D eigenvalue weighted by Gasteiger charge is 2.24. The summed E-state index contributed by atoms with van der Waals surface area (Å²) < 4.78 is 10.6. The van der Waals surface area contributed by atoms with Crippen molar-refractivity contribution in [2.75, 3.05) is 7.11 Å². The second-order valence-electron chi connectivity index (χ2n) is 6.46. The fraction of sp³-hybridized carbons (Fsp3) is 0.381. The molecule has 0 amide bonds. The summed E-state index contributed by atoms with van der Waals surface area (Å²) in [6, 6.07) is 4.09. The number of aromatic hydroxyl groups is 4. The molecule has 2 rings (SSSR count). The van der Waals surface area contributed by atoms with Crippen LogP contribution in [-0.4, -0.2) is 33.5 Å². The minimum Gasteiger partial charge on any atom is -0.504 e. The van der Waals surface area contributed by atoms with Crippen LogP contribution in [-0.2, 0) is 12.8 Å². The number of rotatable bonds is 8. The first-order chi connectivity index (χ1) is 13.3. The predicted molar refractivity (Wildman–Crippen MR) is 104 cm³/mol. The number of hydrogen-bond acceptors (Lipinski definition) is 7. The molecule has 0 atom stereocenters. The molecular formula is C21H26O7. The van der Waals surface area contributed by atoms with Crippen LogP contribution >= 0.6 is 0 Å². The SMILES string of the molecule is CCCCc1c(OC(=O)c2cc(O)c(O)c(O)c2CCC)ccc(OC)c1O. The number of esters is 1. The quantitative estimate of drug-likeness (QED) is 0.305. The van der Waals surface area contributed by atoms with Crippen LogP contribution in [0.1, 0.15) is 54.6 Å². The van der Waals surface area contributed by atoms with Gasteiger partial charge in [-0.15, -0.1) is 0 Å². The average Bonchev–Trinajstić information content (AvgIpc) is 2.68. The number of carbonyl (C=O) groups excluding carboxylic acids is 1. The summed E-state index contributed by atoms with van der Waals surface area (Å²) >= 11 is 0. The normalized spacial score (nSPS) is 10.7. The fourth-order valence-corrected chi connectivity index (χ4v) is 2.98. The zero-order valence-corrected chi connectivity index (χ0v) is 16.3. The largest absolute Gasteiger partial charge is 0.504 e. The highest BCUT2D eigenvalue weighted by atomic mass is 16.5. The summed E-state index contributed by atoms with van der Waals surface area (Å²) in [5.74, 6) is -2.29. The zero-order valence-electron chi connectivity index (χ0n) is 16.3. The number of ether oxygens (including phenoxy) is 2. The van der Waals surface area contributed by atoms with Gasteiger partial charge in [-0.25, -0.2) is 4.79 Å². The van der Waals surface area contributed by atoms with Gasteiger partial charge in [0.05, 0.1) is 12.7 Å². The molecule has 7 nitrogen and oxygen atoms in total. The smallest absolute Gasteiger partial charge is 0.344 e. The van der Waals surface area contributed by atoms with E-state index < -0.39 is 23.2 Å². The third-order valence-electron chi connectivity index (χ3n) is 4.48. The number of hydrogen-bond donors (Lipinski definition) is 4. The van der Waals surface area contributed by atoms with Crippen molar-refractivity contribution < 1.29 is 34.7 Å². The van der Waals surface area contributed by atoms with E-state index in [-0.39, 0.29) is 28.4 Å². The number of phenolic OH excluding ortho intramolecular Hbond substituents is 4. The van der Waals surface area contributed by atoms with Gasteiger partial charge in [0, 0.05) is 11.1 Å². The fourth-order valence-electron chi connectivity index (χ4n) is 2.98. The zero-order chi connectivity index (χ0) is 20.8. The van der Waals surface area contributed by atoms with Crippen molar-refractivity contribution in [3.63, 3.8) is 0 Å². The van der Waals surface area contributed by atoms with E-state index in [0.717, 1.165) is 18.9 Å². The van der Waals surface area contributed by atoms with E-state index in [2.05, 4.69) is 0 Å². The molecule has 0 saturated carbocycles. The molecule has 0 spiro atoms. The molecule has 2 aromatic carbocycles. The van der Waals surface area contributed by atoms with Crippen molar-refractivity contribution in [3.8, 4) is 34.5 Å². The molecule has 0 unspecified atom stereocenters. The monoisotopic (exact) mass is 390 g/mol. The van der Waals surface area contributed by atoms with Gasteiger partial charge in [-0.3, -0.25) is 0 Å². The van der Waals surface area contributed by atoms with Gasteiger partial charge in [-0.1, -0.05) is 26.7 Å². The van der Waals surface area contributed by atoms with Crippen LogP contribution < -0.4 is 9.47 Å². The lowest BCUT2D eigenvalue weighted by atomic mass is 10.0. The summed E-state index contributed by atoms with van der Waals surface area (Å²) in [5, 5.41) is 40.1. The first-order valence-electron chi connectivity index (χ1n) is 9.23. The minimum absolute atomic E-state index is 0.0496. The summed E-state index contributed by atoms with van der Waals surface area (Å²) in [6.45, 7) is 3.85. The van der Waals surface area contributed by atoms with Crippen molar-refractivity contribution in [2.24, 2.45) is 0 Å². The third-order valence-corrected chi connectivity index (χ3v) is 4.48. The standard InChI is InChI=1S/C21H26O7/c1-4-6-8-13-16(9-10-17(27-3)18(13)23)28-21(26)14-11-15(22)20(25)19(24)12(14)7-5-2/h9-11,22-25H,4-8H2,1-3H3. The molecule has 152 valence electrons. The van der Waals surface area contributed by atoms with Crippen LogP contribution in [0.15, 0.2) is 18.2 Å². The first kappa shape index (κ1) is 21.2. The van der Waals surface area contributed by atoms with Gasteiger partial charge in [-0.2, -0.15) is 0 Å². The molecule has 0 fully saturated rings. The lowest BCUT2D eigenvalue weighted by molar-refractivity contribution is 0.0730. The highest BCUT2D eigenvalue weighted by molar-refractivity contribution is 5.95. The number of carbonyl (C=O) groups is 1. The number of benzene rings is 2. The van der Waals surface area contributed by atoms with Gasteiger partial charge in [-0.05, 0) is 37.5 Å². The van der Waals surface area contributed by atoms with E-state index >= 15 is 0 Å². The second kappa shape index (κ2) is 9.21. The third kappa shape index (κ3) is 4.24. The van der Waals surface area contributed by atoms with Gasteiger partial charge in [0.1, 0.15) is 5.75 Å². The van der Waals surface area contributed by atoms with Gasteiger partial charge in [0.2, 0.25) is 5.75 Å². The maximum absolute atomic E-state index is 12.8. The molecule has 28 heavy (non-hydrogen) atoms. The molecule has 0 aromatic heterocycles. The van der Waals surface area contributed by atoms with E-state index in [4.69, 9.17) is 9.47 Å². The Hall–Kier alpha value is -3.09. The van der Waals surface area contributed by atoms with Crippen molar-refractivity contribution in [1.82, 2.24) is 0 Å². The Morgan fingerprint density at radius 2 is 1.57 bits per heavy atom. The summed E-state index contributed by atoms with van der Waals surface area (Å²) in [6.07, 6.45) is 3.04. The number of methoxy groups -OCH3 is 1. The van der Waals surface area contributed by atoms with E-state index in [1.807, 2.05) is 13.8 Å². The molecule has 0 heterocycles. The molecule has 0 bridgehead atoms. The van der Waals surface area contributed by atoms with E-state index in [9.17, 15) is 25.2 Å². The van der Waals surface area contributed by atoms with E-state index in [1.54, 1.807) is 0 Å². The maximum Gasteiger partial charge on any atom is 0.344 e.